The summed E-state index contributed by atoms with van der Waals surface area (Å²) in [6, 6.07) is 16.4. The van der Waals surface area contributed by atoms with Crippen LogP contribution in [0, 0.1) is 0 Å². The molecule has 0 aliphatic carbocycles. The molecule has 0 atom stereocenters. The molecule has 0 radical (unpaired) electrons. The summed E-state index contributed by atoms with van der Waals surface area (Å²) in [5, 5.41) is 3.17. The van der Waals surface area contributed by atoms with Gasteiger partial charge in [0.05, 0.1) is 14.2 Å². The minimum Gasteiger partial charge on any atom is -0.493 e. The summed E-state index contributed by atoms with van der Waals surface area (Å²) in [7, 11) is 5.40. The first-order valence-electron chi connectivity index (χ1n) is 9.59. The fourth-order valence-corrected chi connectivity index (χ4v) is 2.94. The predicted molar refractivity (Wildman–Crippen MR) is 131 cm³/mol. The summed E-state index contributed by atoms with van der Waals surface area (Å²) in [5.41, 5.74) is 8.44. The highest BCUT2D eigenvalue weighted by Gasteiger charge is 2.04. The normalized spacial score (nSPS) is 11.1. The van der Waals surface area contributed by atoms with Crippen LogP contribution in [0.1, 0.15) is 17.5 Å². The molecule has 0 bridgehead atoms. The van der Waals surface area contributed by atoms with Crippen molar-refractivity contribution in [3.63, 3.8) is 0 Å². The molecule has 0 unspecified atom stereocenters. The molecule has 0 fully saturated rings. The second-order valence-corrected chi connectivity index (χ2v) is 6.71. The first-order valence-corrected chi connectivity index (χ1v) is 9.59. The molecule has 6 nitrogen and oxygen atoms in total. The zero-order valence-corrected chi connectivity index (χ0v) is 19.9. The fourth-order valence-electron chi connectivity index (χ4n) is 2.94. The van der Waals surface area contributed by atoms with Crippen molar-refractivity contribution in [3.05, 3.63) is 59.7 Å². The lowest BCUT2D eigenvalue weighted by atomic mass is 10.1. The van der Waals surface area contributed by atoms with E-state index in [0.717, 1.165) is 49.5 Å². The van der Waals surface area contributed by atoms with Crippen LogP contribution in [0.2, 0.25) is 0 Å². The van der Waals surface area contributed by atoms with Crippen molar-refractivity contribution in [2.45, 2.75) is 19.4 Å². The lowest BCUT2D eigenvalue weighted by molar-refractivity contribution is 0.324. The molecule has 0 heterocycles. The largest absolute Gasteiger partial charge is 0.493 e. The van der Waals surface area contributed by atoms with Gasteiger partial charge in [-0.15, -0.1) is 24.0 Å². The van der Waals surface area contributed by atoms with Crippen LogP contribution in [0.3, 0.4) is 0 Å². The third kappa shape index (κ3) is 9.36. The summed E-state index contributed by atoms with van der Waals surface area (Å²) in [6.45, 7) is 3.37. The lowest BCUT2D eigenvalue weighted by Gasteiger charge is -2.16. The highest BCUT2D eigenvalue weighted by atomic mass is 127. The van der Waals surface area contributed by atoms with Gasteiger partial charge >= 0.3 is 0 Å². The first kappa shape index (κ1) is 25.0. The summed E-state index contributed by atoms with van der Waals surface area (Å²) in [4.78, 5) is 6.70. The Balaban J connectivity index is 0.00000420. The summed E-state index contributed by atoms with van der Waals surface area (Å²) in [6.07, 6.45) is 1.80. The Labute approximate surface area is 191 Å². The number of ether oxygens (including phenoxy) is 2. The average molecular weight is 512 g/mol. The molecule has 0 aliphatic rings. The van der Waals surface area contributed by atoms with E-state index >= 15 is 0 Å². The van der Waals surface area contributed by atoms with E-state index < -0.39 is 0 Å². The Morgan fingerprint density at radius 3 is 2.45 bits per heavy atom. The van der Waals surface area contributed by atoms with E-state index in [2.05, 4.69) is 46.5 Å². The van der Waals surface area contributed by atoms with Crippen LogP contribution in [-0.2, 0) is 13.0 Å². The van der Waals surface area contributed by atoms with Gasteiger partial charge in [0.15, 0.2) is 17.5 Å². The molecule has 3 N–H and O–H groups in total. The van der Waals surface area contributed by atoms with E-state index in [9.17, 15) is 0 Å². The highest BCUT2D eigenvalue weighted by Crippen LogP contribution is 2.27. The van der Waals surface area contributed by atoms with Crippen LogP contribution in [0.4, 0.5) is 0 Å². The summed E-state index contributed by atoms with van der Waals surface area (Å²) < 4.78 is 10.6. The molecule has 2 aromatic carbocycles. The van der Waals surface area contributed by atoms with Gasteiger partial charge in [-0.25, -0.2) is 0 Å². The summed E-state index contributed by atoms with van der Waals surface area (Å²) in [5.74, 6) is 1.96. The third-order valence-corrected chi connectivity index (χ3v) is 4.44. The van der Waals surface area contributed by atoms with E-state index in [0.29, 0.717) is 12.5 Å². The zero-order valence-electron chi connectivity index (χ0n) is 17.6. The second kappa shape index (κ2) is 14.1. The van der Waals surface area contributed by atoms with E-state index in [1.807, 2.05) is 24.3 Å². The fraction of sp³-hybridized carbons (Fsp3) is 0.409. The van der Waals surface area contributed by atoms with Crippen LogP contribution >= 0.6 is 24.0 Å². The number of hydrogen-bond donors (Lipinski definition) is 2. The summed E-state index contributed by atoms with van der Waals surface area (Å²) >= 11 is 0. The van der Waals surface area contributed by atoms with Crippen LogP contribution < -0.4 is 20.5 Å². The van der Waals surface area contributed by atoms with Gasteiger partial charge in [0.1, 0.15) is 0 Å². The average Bonchev–Trinajstić information content (AvgIpc) is 2.71. The van der Waals surface area contributed by atoms with Gasteiger partial charge in [-0.05, 0) is 49.7 Å². The number of rotatable bonds is 11. The number of methoxy groups -OCH3 is 2. The topological polar surface area (TPSA) is 72.1 Å². The zero-order chi connectivity index (χ0) is 20.2. The molecule has 160 valence electrons. The highest BCUT2D eigenvalue weighted by molar-refractivity contribution is 14.0. The van der Waals surface area contributed by atoms with E-state index in [-0.39, 0.29) is 24.0 Å². The Bertz CT molecular complexity index is 741. The molecule has 0 aromatic heterocycles. The Morgan fingerprint density at radius 2 is 1.76 bits per heavy atom. The molecule has 2 aromatic rings. The van der Waals surface area contributed by atoms with Crippen LogP contribution in [0.25, 0.3) is 0 Å². The number of benzene rings is 2. The van der Waals surface area contributed by atoms with Crippen molar-refractivity contribution in [1.82, 2.24) is 10.2 Å². The van der Waals surface area contributed by atoms with Gasteiger partial charge in [-0.3, -0.25) is 4.99 Å². The smallest absolute Gasteiger partial charge is 0.188 e. The molecular formula is C22H33IN4O2. The third-order valence-electron chi connectivity index (χ3n) is 4.44. The molecule has 2 rings (SSSR count). The van der Waals surface area contributed by atoms with Crippen LogP contribution in [0.15, 0.2) is 53.5 Å². The molecule has 0 saturated heterocycles. The number of hydrogen-bond acceptors (Lipinski definition) is 4. The van der Waals surface area contributed by atoms with Gasteiger partial charge in [0.25, 0.3) is 0 Å². The van der Waals surface area contributed by atoms with Crippen LogP contribution in [-0.4, -0.2) is 51.8 Å². The van der Waals surface area contributed by atoms with Gasteiger partial charge in [-0.2, -0.15) is 0 Å². The lowest BCUT2D eigenvalue weighted by Crippen LogP contribution is -2.33. The number of nitrogens with zero attached hydrogens (tertiary/aromatic N) is 2. The Kier molecular flexibility index (Phi) is 12.1. The quantitative estimate of drug-likeness (QED) is 0.209. The van der Waals surface area contributed by atoms with E-state index in [1.165, 1.54) is 5.56 Å². The molecule has 0 spiro atoms. The molecular weight excluding hydrogens is 479 g/mol. The molecule has 7 heteroatoms. The number of aliphatic imine (C=N–C) groups is 1. The van der Waals surface area contributed by atoms with Crippen molar-refractivity contribution in [1.29, 1.82) is 0 Å². The maximum absolute atomic E-state index is 5.96. The van der Waals surface area contributed by atoms with Crippen molar-refractivity contribution in [3.8, 4) is 11.5 Å². The molecule has 0 aliphatic heterocycles. The van der Waals surface area contributed by atoms with Crippen molar-refractivity contribution >= 4 is 29.9 Å². The van der Waals surface area contributed by atoms with E-state index in [4.69, 9.17) is 15.2 Å². The molecule has 0 amide bonds. The standard InChI is InChI=1S/C22H32N4O2.HI/c1-26(17-19-8-5-4-6-9-19)15-7-13-24-22(23)25-14-12-18-10-11-20(27-2)21(16-18)28-3;/h4-6,8-11,16H,7,12-15,17H2,1-3H3,(H3,23,24,25);1H. The Hall–Kier alpha value is -2.00. The predicted octanol–water partition coefficient (Wildman–Crippen LogP) is 3.29. The van der Waals surface area contributed by atoms with Crippen molar-refractivity contribution in [2.75, 3.05) is 40.9 Å². The van der Waals surface area contributed by atoms with Gasteiger partial charge in [0.2, 0.25) is 0 Å². The Morgan fingerprint density at radius 1 is 1.03 bits per heavy atom. The van der Waals surface area contributed by atoms with Gasteiger partial charge in [0, 0.05) is 19.6 Å². The van der Waals surface area contributed by atoms with Crippen LogP contribution in [0.5, 0.6) is 11.5 Å². The van der Waals surface area contributed by atoms with Crippen molar-refractivity contribution < 1.29 is 9.47 Å². The van der Waals surface area contributed by atoms with Crippen molar-refractivity contribution in [2.24, 2.45) is 10.7 Å². The minimum absolute atomic E-state index is 0. The molecule has 0 saturated carbocycles. The second-order valence-electron chi connectivity index (χ2n) is 6.71. The molecule has 29 heavy (non-hydrogen) atoms. The number of nitrogens with one attached hydrogen (secondary N) is 1. The first-order chi connectivity index (χ1) is 13.6. The number of guanidine groups is 1. The number of nitrogens with two attached hydrogens (primary N) is 1. The van der Waals surface area contributed by atoms with E-state index in [1.54, 1.807) is 14.2 Å². The number of halogens is 1. The maximum Gasteiger partial charge on any atom is 0.188 e. The maximum atomic E-state index is 5.96. The minimum atomic E-state index is 0. The van der Waals surface area contributed by atoms with Gasteiger partial charge < -0.3 is 25.4 Å². The SMILES string of the molecule is COc1ccc(CCNC(N)=NCCCN(C)Cc2ccccc2)cc1OC.I. The monoisotopic (exact) mass is 512 g/mol. The van der Waals surface area contributed by atoms with Gasteiger partial charge in [-0.1, -0.05) is 36.4 Å².